The summed E-state index contributed by atoms with van der Waals surface area (Å²) in [6, 6.07) is 6.94. The van der Waals surface area contributed by atoms with Crippen LogP contribution in [0.25, 0.3) is 0 Å². The minimum Gasteiger partial charge on any atom is -0.328 e. The SMILES string of the molecule is CC(N)Cc1ccc(S(C)(=O)=O)cc1. The van der Waals surface area contributed by atoms with Crippen LogP contribution < -0.4 is 5.73 Å². The average Bonchev–Trinajstić information content (AvgIpc) is 2.02. The van der Waals surface area contributed by atoms with Gasteiger partial charge in [-0.15, -0.1) is 0 Å². The Labute approximate surface area is 84.9 Å². The lowest BCUT2D eigenvalue weighted by Crippen LogP contribution is -2.17. The molecule has 0 aliphatic heterocycles. The molecule has 1 rings (SSSR count). The number of sulfone groups is 1. The van der Waals surface area contributed by atoms with Crippen molar-refractivity contribution < 1.29 is 8.42 Å². The predicted molar refractivity (Wildman–Crippen MR) is 56.9 cm³/mol. The lowest BCUT2D eigenvalue weighted by atomic mass is 10.1. The van der Waals surface area contributed by atoms with E-state index in [2.05, 4.69) is 0 Å². The second-order valence-corrected chi connectivity index (χ2v) is 5.61. The summed E-state index contributed by atoms with van der Waals surface area (Å²) in [4.78, 5) is 0.353. The maximum absolute atomic E-state index is 11.1. The van der Waals surface area contributed by atoms with Crippen LogP contribution in [-0.2, 0) is 16.3 Å². The fraction of sp³-hybridized carbons (Fsp3) is 0.400. The maximum Gasteiger partial charge on any atom is 0.175 e. The Morgan fingerprint density at radius 2 is 1.79 bits per heavy atom. The van der Waals surface area contributed by atoms with Crippen molar-refractivity contribution in [2.45, 2.75) is 24.3 Å². The standard InChI is InChI=1S/C10H15NO2S/c1-8(11)7-9-3-5-10(6-4-9)14(2,12)13/h3-6,8H,7,11H2,1-2H3. The zero-order valence-electron chi connectivity index (χ0n) is 8.40. The van der Waals surface area contributed by atoms with E-state index in [-0.39, 0.29) is 6.04 Å². The molecule has 0 aromatic heterocycles. The first-order valence-corrected chi connectivity index (χ1v) is 6.33. The highest BCUT2D eigenvalue weighted by atomic mass is 32.2. The predicted octanol–water partition coefficient (Wildman–Crippen LogP) is 0.980. The van der Waals surface area contributed by atoms with Crippen molar-refractivity contribution in [1.29, 1.82) is 0 Å². The van der Waals surface area contributed by atoms with E-state index in [1.807, 2.05) is 6.92 Å². The molecular formula is C10H15NO2S. The molecule has 0 saturated carbocycles. The van der Waals surface area contributed by atoms with Crippen molar-refractivity contribution in [2.75, 3.05) is 6.26 Å². The first kappa shape index (κ1) is 11.2. The van der Waals surface area contributed by atoms with Crippen molar-refractivity contribution in [2.24, 2.45) is 5.73 Å². The van der Waals surface area contributed by atoms with Crippen LogP contribution in [0, 0.1) is 0 Å². The highest BCUT2D eigenvalue weighted by molar-refractivity contribution is 7.90. The van der Waals surface area contributed by atoms with Gasteiger partial charge in [0, 0.05) is 12.3 Å². The van der Waals surface area contributed by atoms with Crippen molar-refractivity contribution in [1.82, 2.24) is 0 Å². The van der Waals surface area contributed by atoms with Crippen LogP contribution in [0.15, 0.2) is 29.2 Å². The van der Waals surface area contributed by atoms with E-state index >= 15 is 0 Å². The van der Waals surface area contributed by atoms with Gasteiger partial charge in [0.25, 0.3) is 0 Å². The van der Waals surface area contributed by atoms with Gasteiger partial charge in [0.15, 0.2) is 9.84 Å². The zero-order chi connectivity index (χ0) is 10.8. The third-order valence-electron chi connectivity index (χ3n) is 1.91. The molecule has 1 aromatic carbocycles. The molecule has 1 aromatic rings. The molecule has 1 atom stereocenters. The molecule has 0 fully saturated rings. The Bertz CT molecular complexity index is 393. The largest absolute Gasteiger partial charge is 0.328 e. The lowest BCUT2D eigenvalue weighted by Gasteiger charge is -2.05. The smallest absolute Gasteiger partial charge is 0.175 e. The van der Waals surface area contributed by atoms with Gasteiger partial charge in [0.1, 0.15) is 0 Å². The van der Waals surface area contributed by atoms with Gasteiger partial charge in [-0.1, -0.05) is 12.1 Å². The van der Waals surface area contributed by atoms with Gasteiger partial charge in [-0.25, -0.2) is 8.42 Å². The molecule has 0 aliphatic carbocycles. The number of rotatable bonds is 3. The van der Waals surface area contributed by atoms with Crippen molar-refractivity contribution in [3.05, 3.63) is 29.8 Å². The van der Waals surface area contributed by atoms with E-state index in [9.17, 15) is 8.42 Å². The van der Waals surface area contributed by atoms with Gasteiger partial charge in [-0.2, -0.15) is 0 Å². The first-order chi connectivity index (χ1) is 6.39. The number of hydrogen-bond donors (Lipinski definition) is 1. The Morgan fingerprint density at radius 1 is 1.29 bits per heavy atom. The summed E-state index contributed by atoms with van der Waals surface area (Å²) in [5.41, 5.74) is 6.69. The summed E-state index contributed by atoms with van der Waals surface area (Å²) in [5.74, 6) is 0. The Balaban J connectivity index is 2.90. The fourth-order valence-electron chi connectivity index (χ4n) is 1.24. The van der Waals surface area contributed by atoms with E-state index in [0.717, 1.165) is 12.0 Å². The first-order valence-electron chi connectivity index (χ1n) is 4.44. The van der Waals surface area contributed by atoms with Crippen LogP contribution in [0.4, 0.5) is 0 Å². The normalized spacial score (nSPS) is 13.9. The van der Waals surface area contributed by atoms with Crippen LogP contribution in [-0.4, -0.2) is 20.7 Å². The molecule has 0 aliphatic rings. The molecule has 0 radical (unpaired) electrons. The van der Waals surface area contributed by atoms with Gasteiger partial charge in [-0.05, 0) is 31.0 Å². The Kier molecular flexibility index (Phi) is 3.29. The van der Waals surface area contributed by atoms with Crippen LogP contribution in [0.2, 0.25) is 0 Å². The van der Waals surface area contributed by atoms with Crippen molar-refractivity contribution in [3.8, 4) is 0 Å². The minimum atomic E-state index is -3.08. The van der Waals surface area contributed by atoms with Gasteiger partial charge >= 0.3 is 0 Å². The molecule has 3 nitrogen and oxygen atoms in total. The number of hydrogen-bond acceptors (Lipinski definition) is 3. The molecule has 1 unspecified atom stereocenters. The third-order valence-corrected chi connectivity index (χ3v) is 3.04. The second kappa shape index (κ2) is 4.11. The summed E-state index contributed by atoms with van der Waals surface area (Å²) >= 11 is 0. The zero-order valence-corrected chi connectivity index (χ0v) is 9.21. The summed E-state index contributed by atoms with van der Waals surface area (Å²) in [5, 5.41) is 0. The number of nitrogens with two attached hydrogens (primary N) is 1. The minimum absolute atomic E-state index is 0.0964. The molecule has 78 valence electrons. The molecule has 0 spiro atoms. The van der Waals surface area contributed by atoms with Crippen molar-refractivity contribution in [3.63, 3.8) is 0 Å². The highest BCUT2D eigenvalue weighted by Crippen LogP contribution is 2.11. The van der Waals surface area contributed by atoms with E-state index < -0.39 is 9.84 Å². The second-order valence-electron chi connectivity index (χ2n) is 3.60. The van der Waals surface area contributed by atoms with Gasteiger partial charge in [0.2, 0.25) is 0 Å². The van der Waals surface area contributed by atoms with Gasteiger partial charge in [0.05, 0.1) is 4.90 Å². The molecule has 2 N–H and O–H groups in total. The molecule has 0 amide bonds. The van der Waals surface area contributed by atoms with Crippen LogP contribution in [0.3, 0.4) is 0 Å². The molecule has 0 bridgehead atoms. The molecule has 4 heteroatoms. The van der Waals surface area contributed by atoms with Crippen LogP contribution >= 0.6 is 0 Å². The molecular weight excluding hydrogens is 198 g/mol. The summed E-state index contributed by atoms with van der Waals surface area (Å²) in [6.07, 6.45) is 1.97. The number of benzene rings is 1. The fourth-order valence-corrected chi connectivity index (χ4v) is 1.87. The van der Waals surface area contributed by atoms with Crippen LogP contribution in [0.1, 0.15) is 12.5 Å². The topological polar surface area (TPSA) is 60.2 Å². The monoisotopic (exact) mass is 213 g/mol. The van der Waals surface area contributed by atoms with Gasteiger partial charge < -0.3 is 5.73 Å². The molecule has 14 heavy (non-hydrogen) atoms. The Hall–Kier alpha value is -0.870. The summed E-state index contributed by atoms with van der Waals surface area (Å²) < 4.78 is 22.3. The highest BCUT2D eigenvalue weighted by Gasteiger charge is 2.06. The van der Waals surface area contributed by atoms with E-state index in [0.29, 0.717) is 4.90 Å². The van der Waals surface area contributed by atoms with Crippen molar-refractivity contribution >= 4 is 9.84 Å². The maximum atomic E-state index is 11.1. The molecule has 0 heterocycles. The van der Waals surface area contributed by atoms with E-state index in [4.69, 9.17) is 5.73 Å². The summed E-state index contributed by atoms with van der Waals surface area (Å²) in [6.45, 7) is 1.92. The van der Waals surface area contributed by atoms with Gasteiger partial charge in [-0.3, -0.25) is 0 Å². The average molecular weight is 213 g/mol. The van der Waals surface area contributed by atoms with E-state index in [1.165, 1.54) is 6.26 Å². The van der Waals surface area contributed by atoms with E-state index in [1.54, 1.807) is 24.3 Å². The quantitative estimate of drug-likeness (QED) is 0.814. The lowest BCUT2D eigenvalue weighted by molar-refractivity contribution is 0.602. The summed E-state index contributed by atoms with van der Waals surface area (Å²) in [7, 11) is -3.08. The third kappa shape index (κ3) is 3.12. The Morgan fingerprint density at radius 3 is 2.14 bits per heavy atom. The van der Waals surface area contributed by atoms with Crippen LogP contribution in [0.5, 0.6) is 0 Å². The molecule has 0 saturated heterocycles.